The van der Waals surface area contributed by atoms with Crippen molar-refractivity contribution < 1.29 is 19.4 Å². The van der Waals surface area contributed by atoms with E-state index in [1.54, 1.807) is 30.3 Å². The van der Waals surface area contributed by atoms with E-state index in [1.807, 2.05) is 48.5 Å². The molecule has 3 aromatic rings. The van der Waals surface area contributed by atoms with Crippen molar-refractivity contribution in [2.24, 2.45) is 0 Å². The van der Waals surface area contributed by atoms with Gasteiger partial charge in [-0.1, -0.05) is 36.4 Å². The van der Waals surface area contributed by atoms with Gasteiger partial charge in [-0.3, -0.25) is 4.79 Å². The number of aromatic carboxylic acids is 1. The lowest BCUT2D eigenvalue weighted by Crippen LogP contribution is -2.30. The monoisotopic (exact) mass is 433 g/mol. The van der Waals surface area contributed by atoms with E-state index in [-0.39, 0.29) is 12.5 Å². The molecule has 4 N–H and O–H groups in total. The van der Waals surface area contributed by atoms with Crippen LogP contribution in [0.2, 0.25) is 0 Å². The lowest BCUT2D eigenvalue weighted by Gasteiger charge is -2.10. The number of carboxylic acid groups (broad SMARTS) is 1. The Labute approximate surface area is 187 Å². The Bertz CT molecular complexity index is 1010. The lowest BCUT2D eigenvalue weighted by molar-refractivity contribution is -0.115. The Morgan fingerprint density at radius 1 is 0.781 bits per heavy atom. The van der Waals surface area contributed by atoms with E-state index >= 15 is 0 Å². The molecule has 0 aliphatic carbocycles. The first-order valence-electron chi connectivity index (χ1n) is 10.5. The quantitative estimate of drug-likeness (QED) is 0.324. The van der Waals surface area contributed by atoms with Gasteiger partial charge in [0.15, 0.2) is 0 Å². The van der Waals surface area contributed by atoms with E-state index in [0.717, 1.165) is 17.7 Å². The van der Waals surface area contributed by atoms with Gasteiger partial charge in [0, 0.05) is 12.2 Å². The van der Waals surface area contributed by atoms with E-state index in [2.05, 4.69) is 16.0 Å². The third kappa shape index (κ3) is 7.54. The summed E-state index contributed by atoms with van der Waals surface area (Å²) in [6, 6.07) is 23.7. The summed E-state index contributed by atoms with van der Waals surface area (Å²) in [6.07, 6.45) is 0.814. The molecule has 7 heteroatoms. The Balaban J connectivity index is 1.29. The zero-order valence-corrected chi connectivity index (χ0v) is 17.7. The Morgan fingerprint density at radius 3 is 2.19 bits per heavy atom. The van der Waals surface area contributed by atoms with Crippen molar-refractivity contribution in [1.29, 1.82) is 0 Å². The summed E-state index contributed by atoms with van der Waals surface area (Å²) in [4.78, 5) is 23.3. The molecule has 0 saturated carbocycles. The van der Waals surface area contributed by atoms with Crippen molar-refractivity contribution >= 4 is 17.6 Å². The largest absolute Gasteiger partial charge is 0.478 e. The molecular weight excluding hydrogens is 406 g/mol. The first kappa shape index (κ1) is 23.0. The van der Waals surface area contributed by atoms with Gasteiger partial charge in [0.2, 0.25) is 5.91 Å². The first-order valence-corrected chi connectivity index (χ1v) is 10.5. The lowest BCUT2D eigenvalue weighted by atomic mass is 10.1. The minimum absolute atomic E-state index is 0.120. The fraction of sp³-hybridized carbons (Fsp3) is 0.200. The highest BCUT2D eigenvalue weighted by molar-refractivity contribution is 5.92. The molecule has 0 atom stereocenters. The van der Waals surface area contributed by atoms with Crippen molar-refractivity contribution in [2.75, 3.05) is 25.0 Å². The fourth-order valence-corrected chi connectivity index (χ4v) is 3.08. The van der Waals surface area contributed by atoms with Crippen molar-refractivity contribution in [3.05, 3.63) is 90.0 Å². The SMILES string of the molecule is O=C(CNCCCNCc1ccccc1C(=O)O)Nc1ccc(Oc2ccccc2)cc1. The molecular formula is C25H27N3O4. The number of amides is 1. The number of carbonyl (C=O) groups is 2. The number of hydrogen-bond acceptors (Lipinski definition) is 5. The third-order valence-corrected chi connectivity index (χ3v) is 4.67. The summed E-state index contributed by atoms with van der Waals surface area (Å²) in [5, 5.41) is 18.4. The normalized spacial score (nSPS) is 10.5. The second-order valence-corrected chi connectivity index (χ2v) is 7.16. The molecule has 166 valence electrons. The van der Waals surface area contributed by atoms with E-state index in [9.17, 15) is 14.7 Å². The smallest absolute Gasteiger partial charge is 0.336 e. The van der Waals surface area contributed by atoms with Gasteiger partial charge >= 0.3 is 5.97 Å². The molecule has 0 bridgehead atoms. The maximum atomic E-state index is 12.1. The summed E-state index contributed by atoms with van der Waals surface area (Å²) < 4.78 is 5.74. The van der Waals surface area contributed by atoms with Gasteiger partial charge in [0.1, 0.15) is 11.5 Å². The van der Waals surface area contributed by atoms with Gasteiger partial charge < -0.3 is 25.8 Å². The van der Waals surface area contributed by atoms with Crippen LogP contribution in [0.3, 0.4) is 0 Å². The second-order valence-electron chi connectivity index (χ2n) is 7.16. The van der Waals surface area contributed by atoms with Crippen LogP contribution in [-0.4, -0.2) is 36.6 Å². The van der Waals surface area contributed by atoms with Crippen LogP contribution < -0.4 is 20.7 Å². The molecule has 0 unspecified atom stereocenters. The molecule has 3 aromatic carbocycles. The highest BCUT2D eigenvalue weighted by Crippen LogP contribution is 2.22. The summed E-state index contributed by atoms with van der Waals surface area (Å²) >= 11 is 0. The summed E-state index contributed by atoms with van der Waals surface area (Å²) in [7, 11) is 0. The summed E-state index contributed by atoms with van der Waals surface area (Å²) in [6.45, 7) is 2.09. The Hall–Kier alpha value is -3.68. The standard InChI is InChI=1S/C25H27N3O4/c29-24(28-20-11-13-22(14-12-20)32-21-8-2-1-3-9-21)18-27-16-6-15-26-17-19-7-4-5-10-23(19)25(30)31/h1-5,7-14,26-27H,6,15-18H2,(H,28,29)(H,30,31). The Morgan fingerprint density at radius 2 is 1.44 bits per heavy atom. The molecule has 7 nitrogen and oxygen atoms in total. The predicted molar refractivity (Wildman–Crippen MR) is 124 cm³/mol. The van der Waals surface area contributed by atoms with E-state index in [4.69, 9.17) is 4.74 Å². The van der Waals surface area contributed by atoms with E-state index in [1.165, 1.54) is 0 Å². The molecule has 0 radical (unpaired) electrons. The number of anilines is 1. The van der Waals surface area contributed by atoms with Crippen LogP contribution in [-0.2, 0) is 11.3 Å². The number of rotatable bonds is 12. The van der Waals surface area contributed by atoms with Crippen LogP contribution in [0.5, 0.6) is 11.5 Å². The van der Waals surface area contributed by atoms with Crippen molar-refractivity contribution in [1.82, 2.24) is 10.6 Å². The molecule has 0 saturated heterocycles. The van der Waals surface area contributed by atoms with E-state index in [0.29, 0.717) is 36.6 Å². The van der Waals surface area contributed by atoms with Gasteiger partial charge in [-0.15, -0.1) is 0 Å². The average Bonchev–Trinajstić information content (AvgIpc) is 2.80. The zero-order chi connectivity index (χ0) is 22.6. The number of nitrogens with one attached hydrogen (secondary N) is 3. The van der Waals surface area contributed by atoms with E-state index < -0.39 is 5.97 Å². The summed E-state index contributed by atoms with van der Waals surface area (Å²) in [5.74, 6) is 0.415. The van der Waals surface area contributed by atoms with Crippen LogP contribution in [0, 0.1) is 0 Å². The van der Waals surface area contributed by atoms with Crippen LogP contribution in [0.4, 0.5) is 5.69 Å². The van der Waals surface area contributed by atoms with Crippen LogP contribution in [0.1, 0.15) is 22.3 Å². The molecule has 0 fully saturated rings. The number of para-hydroxylation sites is 1. The maximum absolute atomic E-state index is 12.1. The van der Waals surface area contributed by atoms with Gasteiger partial charge in [-0.2, -0.15) is 0 Å². The molecule has 1 amide bonds. The van der Waals surface area contributed by atoms with Gasteiger partial charge in [0.25, 0.3) is 0 Å². The molecule has 0 spiro atoms. The fourth-order valence-electron chi connectivity index (χ4n) is 3.08. The van der Waals surface area contributed by atoms with Crippen LogP contribution >= 0.6 is 0 Å². The molecule has 0 aromatic heterocycles. The van der Waals surface area contributed by atoms with Gasteiger partial charge in [-0.25, -0.2) is 4.79 Å². The topological polar surface area (TPSA) is 99.7 Å². The highest BCUT2D eigenvalue weighted by Gasteiger charge is 2.08. The molecule has 32 heavy (non-hydrogen) atoms. The van der Waals surface area contributed by atoms with Crippen LogP contribution in [0.25, 0.3) is 0 Å². The predicted octanol–water partition coefficient (Wildman–Crippen LogP) is 3.89. The minimum Gasteiger partial charge on any atom is -0.478 e. The minimum atomic E-state index is -0.923. The number of carboxylic acids is 1. The molecule has 0 aliphatic heterocycles. The molecule has 0 heterocycles. The first-order chi connectivity index (χ1) is 15.6. The Kier molecular flexibility index (Phi) is 8.80. The zero-order valence-electron chi connectivity index (χ0n) is 17.7. The summed E-state index contributed by atoms with van der Waals surface area (Å²) in [5.41, 5.74) is 1.78. The molecule has 0 aliphatic rings. The number of hydrogen-bond donors (Lipinski definition) is 4. The van der Waals surface area contributed by atoms with Crippen molar-refractivity contribution in [2.45, 2.75) is 13.0 Å². The number of benzene rings is 3. The van der Waals surface area contributed by atoms with Gasteiger partial charge in [-0.05, 0) is 67.5 Å². The van der Waals surface area contributed by atoms with Gasteiger partial charge in [0.05, 0.1) is 12.1 Å². The van der Waals surface area contributed by atoms with Crippen molar-refractivity contribution in [3.8, 4) is 11.5 Å². The second kappa shape index (κ2) is 12.2. The maximum Gasteiger partial charge on any atom is 0.336 e. The van der Waals surface area contributed by atoms with Crippen molar-refractivity contribution in [3.63, 3.8) is 0 Å². The highest BCUT2D eigenvalue weighted by atomic mass is 16.5. The van der Waals surface area contributed by atoms with Crippen LogP contribution in [0.15, 0.2) is 78.9 Å². The average molecular weight is 434 g/mol. The number of carbonyl (C=O) groups excluding carboxylic acids is 1. The third-order valence-electron chi connectivity index (χ3n) is 4.67. The number of ether oxygens (including phenoxy) is 1. The molecule has 3 rings (SSSR count).